The number of hydrogen-bond donors (Lipinski definition) is 2. The van der Waals surface area contributed by atoms with E-state index >= 15 is 0 Å². The molecule has 2 heterocycles. The first-order valence-electron chi connectivity index (χ1n) is 10.6. The summed E-state index contributed by atoms with van der Waals surface area (Å²) in [5.74, 6) is 0.709. The van der Waals surface area contributed by atoms with E-state index in [1.165, 1.54) is 0 Å². The highest BCUT2D eigenvalue weighted by atomic mass is 19.4. The summed E-state index contributed by atoms with van der Waals surface area (Å²) in [6, 6.07) is 15.8. The molecule has 0 aliphatic carbocycles. The largest absolute Gasteiger partial charge is 0.416 e. The molecule has 32 heavy (non-hydrogen) atoms. The van der Waals surface area contributed by atoms with Crippen molar-refractivity contribution in [3.8, 4) is 0 Å². The predicted molar refractivity (Wildman–Crippen MR) is 120 cm³/mol. The van der Waals surface area contributed by atoms with Gasteiger partial charge in [0.25, 0.3) is 0 Å². The van der Waals surface area contributed by atoms with Crippen molar-refractivity contribution < 1.29 is 13.2 Å². The van der Waals surface area contributed by atoms with Crippen LogP contribution in [-0.4, -0.2) is 42.0 Å². The highest BCUT2D eigenvalue weighted by Gasteiger charge is 2.30. The van der Waals surface area contributed by atoms with Crippen LogP contribution in [0.1, 0.15) is 23.2 Å². The van der Waals surface area contributed by atoms with Crippen LogP contribution in [0, 0.1) is 0 Å². The van der Waals surface area contributed by atoms with Crippen LogP contribution in [0.25, 0.3) is 10.8 Å². The number of halogens is 3. The third-order valence-electron chi connectivity index (χ3n) is 5.70. The number of rotatable bonds is 5. The van der Waals surface area contributed by atoms with E-state index in [-0.39, 0.29) is 6.04 Å². The minimum atomic E-state index is -4.30. The molecule has 5 nitrogen and oxygen atoms in total. The van der Waals surface area contributed by atoms with Gasteiger partial charge in [0.15, 0.2) is 5.96 Å². The second-order valence-electron chi connectivity index (χ2n) is 7.96. The smallest absolute Gasteiger partial charge is 0.352 e. The normalized spacial score (nSPS) is 17.6. The fourth-order valence-corrected chi connectivity index (χ4v) is 4.03. The number of nitrogens with zero attached hydrogens (tertiary/aromatic N) is 3. The lowest BCUT2D eigenvalue weighted by atomic mass is 10.1. The zero-order valence-corrected chi connectivity index (χ0v) is 17.9. The molecular formula is C24H26F3N5. The summed E-state index contributed by atoms with van der Waals surface area (Å²) >= 11 is 0. The Kier molecular flexibility index (Phi) is 6.60. The van der Waals surface area contributed by atoms with Gasteiger partial charge in [-0.05, 0) is 35.6 Å². The average Bonchev–Trinajstić information content (AvgIpc) is 3.23. The number of hydrogen-bond acceptors (Lipinski definition) is 3. The van der Waals surface area contributed by atoms with E-state index in [4.69, 9.17) is 0 Å². The van der Waals surface area contributed by atoms with Crippen LogP contribution in [0.4, 0.5) is 13.2 Å². The number of guanidine groups is 1. The Bertz CT molecular complexity index is 1070. The molecule has 1 aliphatic rings. The maximum atomic E-state index is 12.7. The number of benzene rings is 2. The quantitative estimate of drug-likeness (QED) is 0.461. The van der Waals surface area contributed by atoms with E-state index in [0.717, 1.165) is 53.7 Å². The number of aromatic nitrogens is 1. The van der Waals surface area contributed by atoms with E-state index in [1.54, 1.807) is 19.2 Å². The second-order valence-corrected chi connectivity index (χ2v) is 7.96. The molecule has 8 heteroatoms. The minimum Gasteiger partial charge on any atom is -0.352 e. The Hall–Kier alpha value is -3.13. The lowest BCUT2D eigenvalue weighted by Crippen LogP contribution is -2.44. The number of pyridine rings is 1. The molecule has 168 valence electrons. The van der Waals surface area contributed by atoms with Gasteiger partial charge in [-0.1, -0.05) is 36.4 Å². The molecule has 0 spiro atoms. The summed E-state index contributed by atoms with van der Waals surface area (Å²) in [6.45, 7) is 2.86. The van der Waals surface area contributed by atoms with Gasteiger partial charge in [0, 0.05) is 44.3 Å². The molecule has 2 N–H and O–H groups in total. The lowest BCUT2D eigenvalue weighted by Gasteiger charge is -2.19. The monoisotopic (exact) mass is 441 g/mol. The summed E-state index contributed by atoms with van der Waals surface area (Å²) < 4.78 is 38.2. The molecule has 0 radical (unpaired) electrons. The van der Waals surface area contributed by atoms with Gasteiger partial charge in [0.2, 0.25) is 0 Å². The number of fused-ring (bicyclic) bond motifs is 1. The van der Waals surface area contributed by atoms with Crippen LogP contribution in [0.2, 0.25) is 0 Å². The van der Waals surface area contributed by atoms with Gasteiger partial charge in [0.05, 0.1) is 17.8 Å². The highest BCUT2D eigenvalue weighted by Crippen LogP contribution is 2.29. The Morgan fingerprint density at radius 3 is 2.66 bits per heavy atom. The van der Waals surface area contributed by atoms with Crippen molar-refractivity contribution >= 4 is 16.7 Å². The predicted octanol–water partition coefficient (Wildman–Crippen LogP) is 4.19. The zero-order chi connectivity index (χ0) is 22.6. The number of nitrogens with one attached hydrogen (secondary N) is 2. The van der Waals surface area contributed by atoms with Crippen LogP contribution in [-0.2, 0) is 19.3 Å². The van der Waals surface area contributed by atoms with E-state index in [9.17, 15) is 13.2 Å². The van der Waals surface area contributed by atoms with Crippen molar-refractivity contribution in [2.75, 3.05) is 20.1 Å². The zero-order valence-electron chi connectivity index (χ0n) is 17.9. The Morgan fingerprint density at radius 1 is 1.12 bits per heavy atom. The van der Waals surface area contributed by atoms with Crippen LogP contribution in [0.3, 0.4) is 0 Å². The molecule has 1 saturated heterocycles. The van der Waals surface area contributed by atoms with Crippen molar-refractivity contribution in [2.24, 2.45) is 4.99 Å². The molecule has 1 fully saturated rings. The van der Waals surface area contributed by atoms with Crippen molar-refractivity contribution in [3.63, 3.8) is 0 Å². The fraction of sp³-hybridized carbons (Fsp3) is 0.333. The molecular weight excluding hydrogens is 415 g/mol. The Balaban J connectivity index is 1.29. The van der Waals surface area contributed by atoms with E-state index in [0.29, 0.717) is 19.0 Å². The Labute approximate surface area is 185 Å². The fourth-order valence-electron chi connectivity index (χ4n) is 4.03. The van der Waals surface area contributed by atoms with Gasteiger partial charge in [0.1, 0.15) is 0 Å². The molecule has 0 bridgehead atoms. The molecule has 3 aromatic rings. The first-order chi connectivity index (χ1) is 15.4. The van der Waals surface area contributed by atoms with Gasteiger partial charge in [-0.15, -0.1) is 0 Å². The summed E-state index contributed by atoms with van der Waals surface area (Å²) in [7, 11) is 1.74. The molecule has 2 aromatic carbocycles. The first-order valence-corrected chi connectivity index (χ1v) is 10.6. The molecule has 4 rings (SSSR count). The van der Waals surface area contributed by atoms with E-state index in [1.807, 2.05) is 24.4 Å². The van der Waals surface area contributed by atoms with Gasteiger partial charge in [-0.2, -0.15) is 13.2 Å². The number of aliphatic imine (C=N–C) groups is 1. The average molecular weight is 442 g/mol. The van der Waals surface area contributed by atoms with Gasteiger partial charge >= 0.3 is 6.18 Å². The van der Waals surface area contributed by atoms with Crippen LogP contribution in [0.5, 0.6) is 0 Å². The standard InChI is InChI=1S/C24H26F3N5/c1-28-23(30-14-22-21-5-3-2-4-18(21)10-12-29-22)31-20-11-13-32(16-20)15-17-6-8-19(9-7-17)24(25,26)27/h2-10,12,20H,11,13-16H2,1H3,(H2,28,30,31). The summed E-state index contributed by atoms with van der Waals surface area (Å²) in [6.07, 6.45) is -1.55. The summed E-state index contributed by atoms with van der Waals surface area (Å²) in [5.41, 5.74) is 1.22. The molecule has 1 aromatic heterocycles. The van der Waals surface area contributed by atoms with Gasteiger partial charge in [-0.3, -0.25) is 14.9 Å². The van der Waals surface area contributed by atoms with Gasteiger partial charge in [-0.25, -0.2) is 0 Å². The van der Waals surface area contributed by atoms with Crippen LogP contribution in [0.15, 0.2) is 65.8 Å². The second kappa shape index (κ2) is 9.56. The maximum absolute atomic E-state index is 12.7. The molecule has 0 amide bonds. The van der Waals surface area contributed by atoms with Crippen molar-refractivity contribution in [3.05, 3.63) is 77.6 Å². The topological polar surface area (TPSA) is 52.6 Å². The Morgan fingerprint density at radius 2 is 1.91 bits per heavy atom. The highest BCUT2D eigenvalue weighted by molar-refractivity contribution is 5.85. The first kappa shape index (κ1) is 22.1. The minimum absolute atomic E-state index is 0.219. The molecule has 1 atom stereocenters. The van der Waals surface area contributed by atoms with Crippen molar-refractivity contribution in [2.45, 2.75) is 31.7 Å². The molecule has 0 saturated carbocycles. The molecule has 1 unspecified atom stereocenters. The number of alkyl halides is 3. The van der Waals surface area contributed by atoms with Crippen LogP contribution >= 0.6 is 0 Å². The van der Waals surface area contributed by atoms with E-state index in [2.05, 4.69) is 37.6 Å². The van der Waals surface area contributed by atoms with E-state index < -0.39 is 11.7 Å². The van der Waals surface area contributed by atoms with Crippen molar-refractivity contribution in [1.82, 2.24) is 20.5 Å². The third kappa shape index (κ3) is 5.37. The molecule has 1 aliphatic heterocycles. The SMILES string of the molecule is CN=C(NCc1nccc2ccccc12)NC1CCN(Cc2ccc(C(F)(F)F)cc2)C1. The summed E-state index contributed by atoms with van der Waals surface area (Å²) in [5, 5.41) is 9.05. The summed E-state index contributed by atoms with van der Waals surface area (Å²) in [4.78, 5) is 11.1. The maximum Gasteiger partial charge on any atom is 0.416 e. The van der Waals surface area contributed by atoms with Crippen molar-refractivity contribution in [1.29, 1.82) is 0 Å². The number of likely N-dealkylation sites (tertiary alicyclic amines) is 1. The lowest BCUT2D eigenvalue weighted by molar-refractivity contribution is -0.137. The third-order valence-corrected chi connectivity index (χ3v) is 5.70. The van der Waals surface area contributed by atoms with Gasteiger partial charge < -0.3 is 10.6 Å². The van der Waals surface area contributed by atoms with Crippen LogP contribution < -0.4 is 10.6 Å².